The molecular weight excluding hydrogens is 398 g/mol. The molecule has 136 valence electrons. The van der Waals surface area contributed by atoms with E-state index in [1.807, 2.05) is 6.92 Å². The number of rotatable bonds is 4. The van der Waals surface area contributed by atoms with Crippen LogP contribution in [0.4, 0.5) is 5.82 Å². The first-order chi connectivity index (χ1) is 11.8. The molecular formula is C14H18BrN5O5. The Balaban J connectivity index is 2.30. The molecule has 0 aromatic carbocycles. The maximum absolute atomic E-state index is 11.9. The van der Waals surface area contributed by atoms with Crippen LogP contribution in [0, 0.1) is 0 Å². The standard InChI is InChI=1S/C14H18BrN5O5/c1-2-5-18-11(16)7-6(12(17)24)10(15)20(13(7)19-5)14-9(23)8(22)4(3-21)25-14/h4,8-9,14,21-23H,2-3H2,1H3,(H2,17,24)(H2,16,18,19)/t4-,8-,9+,14+/m0/s1. The third-order valence-electron chi connectivity index (χ3n) is 4.19. The molecule has 1 saturated heterocycles. The SMILES string of the molecule is CCc1nc(N)c2c(C(N)=O)c(Br)n([C@@H]3O[C@@H](CO)[C@H](O)[C@H]3O)c2n1. The molecule has 0 aliphatic carbocycles. The molecule has 0 saturated carbocycles. The lowest BCUT2D eigenvalue weighted by atomic mass is 10.1. The van der Waals surface area contributed by atoms with Crippen LogP contribution in [0.3, 0.4) is 0 Å². The van der Waals surface area contributed by atoms with Crippen LogP contribution >= 0.6 is 15.9 Å². The van der Waals surface area contributed by atoms with Gasteiger partial charge in [0.05, 0.1) is 17.6 Å². The Morgan fingerprint density at radius 1 is 1.36 bits per heavy atom. The van der Waals surface area contributed by atoms with Crippen LogP contribution in [0.5, 0.6) is 0 Å². The van der Waals surface area contributed by atoms with Crippen LogP contribution in [0.2, 0.25) is 0 Å². The number of amides is 1. The summed E-state index contributed by atoms with van der Waals surface area (Å²) in [5, 5.41) is 29.8. The second-order valence-electron chi connectivity index (χ2n) is 5.71. The number of carbonyl (C=O) groups excluding carboxylic acids is 1. The van der Waals surface area contributed by atoms with E-state index in [-0.39, 0.29) is 27.0 Å². The van der Waals surface area contributed by atoms with Gasteiger partial charge >= 0.3 is 0 Å². The van der Waals surface area contributed by atoms with E-state index in [2.05, 4.69) is 25.9 Å². The number of aliphatic hydroxyl groups is 3. The lowest BCUT2D eigenvalue weighted by molar-refractivity contribution is -0.0518. The number of aliphatic hydroxyl groups excluding tert-OH is 3. The van der Waals surface area contributed by atoms with E-state index in [9.17, 15) is 20.1 Å². The van der Waals surface area contributed by atoms with Crippen molar-refractivity contribution >= 4 is 38.7 Å². The molecule has 3 rings (SSSR count). The Bertz CT molecular complexity index is 841. The highest BCUT2D eigenvalue weighted by Gasteiger charge is 2.45. The minimum absolute atomic E-state index is 0.0490. The molecule has 1 fully saturated rings. The van der Waals surface area contributed by atoms with Crippen LogP contribution in [-0.4, -0.2) is 60.7 Å². The van der Waals surface area contributed by atoms with Gasteiger partial charge in [-0.25, -0.2) is 9.97 Å². The van der Waals surface area contributed by atoms with Gasteiger partial charge in [-0.2, -0.15) is 0 Å². The van der Waals surface area contributed by atoms with Crippen LogP contribution in [0.15, 0.2) is 4.60 Å². The van der Waals surface area contributed by atoms with Gasteiger partial charge in [0.2, 0.25) is 0 Å². The van der Waals surface area contributed by atoms with E-state index in [1.54, 1.807) is 0 Å². The fraction of sp³-hybridized carbons (Fsp3) is 0.500. The van der Waals surface area contributed by atoms with Gasteiger partial charge in [0.1, 0.15) is 40.2 Å². The minimum atomic E-state index is -1.36. The van der Waals surface area contributed by atoms with Crippen molar-refractivity contribution in [3.8, 4) is 0 Å². The van der Waals surface area contributed by atoms with E-state index < -0.39 is 37.1 Å². The first kappa shape index (κ1) is 18.0. The number of aryl methyl sites for hydroxylation is 1. The third kappa shape index (κ3) is 2.68. The number of carbonyl (C=O) groups is 1. The van der Waals surface area contributed by atoms with Gasteiger partial charge in [-0.3, -0.25) is 9.36 Å². The van der Waals surface area contributed by atoms with Crippen molar-refractivity contribution in [3.05, 3.63) is 16.0 Å². The summed E-state index contributed by atoms with van der Waals surface area (Å²) in [7, 11) is 0. The van der Waals surface area contributed by atoms with Gasteiger partial charge in [0, 0.05) is 6.42 Å². The Hall–Kier alpha value is -1.79. The Morgan fingerprint density at radius 3 is 2.56 bits per heavy atom. The van der Waals surface area contributed by atoms with Gasteiger partial charge in [-0.05, 0) is 15.9 Å². The highest BCUT2D eigenvalue weighted by molar-refractivity contribution is 9.10. The summed E-state index contributed by atoms with van der Waals surface area (Å²) in [5.41, 5.74) is 11.7. The molecule has 7 N–H and O–H groups in total. The number of hydrogen-bond acceptors (Lipinski definition) is 8. The maximum Gasteiger partial charge on any atom is 0.252 e. The van der Waals surface area contributed by atoms with Crippen molar-refractivity contribution in [2.24, 2.45) is 5.73 Å². The quantitative estimate of drug-likeness (QED) is 0.425. The molecule has 10 nitrogen and oxygen atoms in total. The fourth-order valence-corrected chi connectivity index (χ4v) is 3.72. The van der Waals surface area contributed by atoms with Crippen LogP contribution in [0.1, 0.15) is 29.3 Å². The second-order valence-corrected chi connectivity index (χ2v) is 6.46. The molecule has 2 aromatic heterocycles. The third-order valence-corrected chi connectivity index (χ3v) is 4.97. The molecule has 4 atom stereocenters. The molecule has 2 aromatic rings. The average Bonchev–Trinajstić information content (AvgIpc) is 3.02. The number of aromatic nitrogens is 3. The molecule has 25 heavy (non-hydrogen) atoms. The van der Waals surface area contributed by atoms with Gasteiger partial charge in [-0.1, -0.05) is 6.92 Å². The van der Waals surface area contributed by atoms with Crippen molar-refractivity contribution < 1.29 is 24.9 Å². The fourth-order valence-electron chi connectivity index (χ4n) is 2.95. The maximum atomic E-state index is 11.9. The smallest absolute Gasteiger partial charge is 0.252 e. The van der Waals surface area contributed by atoms with Gasteiger partial charge in [0.15, 0.2) is 6.23 Å². The number of fused-ring (bicyclic) bond motifs is 1. The van der Waals surface area contributed by atoms with Gasteiger partial charge in [0.25, 0.3) is 5.91 Å². The predicted molar refractivity (Wildman–Crippen MR) is 90.5 cm³/mol. The number of nitrogen functional groups attached to an aromatic ring is 1. The molecule has 0 unspecified atom stereocenters. The van der Waals surface area contributed by atoms with Crippen LogP contribution < -0.4 is 11.5 Å². The molecule has 1 aliphatic heterocycles. The average molecular weight is 416 g/mol. The lowest BCUT2D eigenvalue weighted by Gasteiger charge is -2.19. The normalized spacial score (nSPS) is 26.4. The largest absolute Gasteiger partial charge is 0.394 e. The highest BCUT2D eigenvalue weighted by Crippen LogP contribution is 2.39. The summed E-state index contributed by atoms with van der Waals surface area (Å²) < 4.78 is 7.12. The van der Waals surface area contributed by atoms with Crippen molar-refractivity contribution in [1.82, 2.24) is 14.5 Å². The molecule has 0 radical (unpaired) electrons. The van der Waals surface area contributed by atoms with Gasteiger partial charge in [-0.15, -0.1) is 0 Å². The number of anilines is 1. The summed E-state index contributed by atoms with van der Waals surface area (Å²) in [5.74, 6) is -0.261. The summed E-state index contributed by atoms with van der Waals surface area (Å²) in [6.45, 7) is 1.36. The second kappa shape index (κ2) is 6.50. The van der Waals surface area contributed by atoms with E-state index >= 15 is 0 Å². The number of nitrogens with two attached hydrogens (primary N) is 2. The molecule has 0 bridgehead atoms. The summed E-state index contributed by atoms with van der Waals surface area (Å²) >= 11 is 3.28. The first-order valence-electron chi connectivity index (χ1n) is 7.59. The molecule has 3 heterocycles. The number of primary amides is 1. The number of nitrogens with zero attached hydrogens (tertiary/aromatic N) is 3. The Kier molecular flexibility index (Phi) is 4.68. The van der Waals surface area contributed by atoms with Crippen molar-refractivity contribution in [3.63, 3.8) is 0 Å². The molecule has 0 spiro atoms. The van der Waals surface area contributed by atoms with E-state index in [4.69, 9.17) is 16.2 Å². The first-order valence-corrected chi connectivity index (χ1v) is 8.39. The number of ether oxygens (including phenoxy) is 1. The summed E-state index contributed by atoms with van der Waals surface area (Å²) in [6.07, 6.45) is -4.25. The van der Waals surface area contributed by atoms with Crippen molar-refractivity contribution in [2.45, 2.75) is 37.9 Å². The van der Waals surface area contributed by atoms with E-state index in [1.165, 1.54) is 4.57 Å². The van der Waals surface area contributed by atoms with Crippen molar-refractivity contribution in [1.29, 1.82) is 0 Å². The zero-order valence-corrected chi connectivity index (χ0v) is 14.8. The Labute approximate surface area is 150 Å². The predicted octanol–water partition coefficient (Wildman–Crippen LogP) is -0.951. The lowest BCUT2D eigenvalue weighted by Crippen LogP contribution is -2.33. The van der Waals surface area contributed by atoms with Gasteiger partial charge < -0.3 is 31.5 Å². The van der Waals surface area contributed by atoms with Crippen LogP contribution in [-0.2, 0) is 11.2 Å². The van der Waals surface area contributed by atoms with E-state index in [0.29, 0.717) is 12.2 Å². The minimum Gasteiger partial charge on any atom is -0.394 e. The zero-order valence-electron chi connectivity index (χ0n) is 13.3. The molecule has 11 heteroatoms. The highest BCUT2D eigenvalue weighted by atomic mass is 79.9. The monoisotopic (exact) mass is 415 g/mol. The summed E-state index contributed by atoms with van der Waals surface area (Å²) in [4.78, 5) is 20.4. The van der Waals surface area contributed by atoms with Crippen molar-refractivity contribution in [2.75, 3.05) is 12.3 Å². The Morgan fingerprint density at radius 2 is 2.04 bits per heavy atom. The molecule has 1 amide bonds. The topological polar surface area (TPSA) is 170 Å². The number of halogens is 1. The molecule has 1 aliphatic rings. The van der Waals surface area contributed by atoms with E-state index in [0.717, 1.165) is 0 Å². The summed E-state index contributed by atoms with van der Waals surface area (Å²) in [6, 6.07) is 0. The zero-order chi connectivity index (χ0) is 18.5. The number of hydrogen-bond donors (Lipinski definition) is 5. The van der Waals surface area contributed by atoms with Crippen LogP contribution in [0.25, 0.3) is 11.0 Å².